The molecule has 2 aliphatic heterocycles. The molecule has 0 radical (unpaired) electrons. The number of nitrogens with zero attached hydrogens (tertiary/aromatic N) is 1. The number of nitrogens with one attached hydrogen (secondary N) is 1. The van der Waals surface area contributed by atoms with E-state index in [1.807, 2.05) is 0 Å². The molecule has 1 aromatic rings. The van der Waals surface area contributed by atoms with Crippen LogP contribution in [-0.4, -0.2) is 51.6 Å². The van der Waals surface area contributed by atoms with Gasteiger partial charge in [0, 0.05) is 23.9 Å². The Labute approximate surface area is 148 Å². The number of carboxylic acid groups (broad SMARTS) is 1. The number of β-lactam (4-membered cyclic amide) rings is 1. The number of carbonyl (C=O) groups excluding carboxylic acids is 2. The van der Waals surface area contributed by atoms with Crippen molar-refractivity contribution in [3.63, 3.8) is 0 Å². The van der Waals surface area contributed by atoms with E-state index in [1.165, 1.54) is 23.6 Å². The summed E-state index contributed by atoms with van der Waals surface area (Å²) in [7, 11) is 0. The number of ether oxygens (including phenoxy) is 1. The van der Waals surface area contributed by atoms with Crippen molar-refractivity contribution in [1.82, 2.24) is 4.90 Å². The minimum absolute atomic E-state index is 0.0367. The van der Waals surface area contributed by atoms with Gasteiger partial charge in [0.15, 0.2) is 0 Å². The molecule has 1 saturated heterocycles. The van der Waals surface area contributed by atoms with Crippen molar-refractivity contribution in [1.29, 1.82) is 0 Å². The molecule has 0 aliphatic carbocycles. The van der Waals surface area contributed by atoms with Crippen LogP contribution in [0, 0.1) is 0 Å². The summed E-state index contributed by atoms with van der Waals surface area (Å²) in [6, 6.07) is 6.08. The summed E-state index contributed by atoms with van der Waals surface area (Å²) in [5.74, 6) is -0.744. The monoisotopic (exact) mass is 363 g/mol. The largest absolute Gasteiger partial charge is 0.489 e. The highest BCUT2D eigenvalue weighted by molar-refractivity contribution is 8.00. The maximum absolute atomic E-state index is 11.9. The van der Waals surface area contributed by atoms with Crippen molar-refractivity contribution in [3.05, 3.63) is 35.5 Å². The maximum Gasteiger partial charge on any atom is 0.352 e. The van der Waals surface area contributed by atoms with Gasteiger partial charge in [-0.05, 0) is 24.3 Å². The van der Waals surface area contributed by atoms with Crippen molar-refractivity contribution in [2.45, 2.75) is 18.3 Å². The number of carbonyl (C=O) groups is 3. The smallest absolute Gasteiger partial charge is 0.352 e. The second-order valence-electron chi connectivity index (χ2n) is 5.69. The van der Waals surface area contributed by atoms with Crippen LogP contribution in [0.25, 0.3) is 0 Å². The molecule has 2 atom stereocenters. The van der Waals surface area contributed by atoms with E-state index in [4.69, 9.17) is 10.5 Å². The fourth-order valence-electron chi connectivity index (χ4n) is 2.70. The predicted octanol–water partition coefficient (Wildman–Crippen LogP) is 0.605. The van der Waals surface area contributed by atoms with Crippen molar-refractivity contribution in [3.8, 4) is 5.75 Å². The lowest BCUT2D eigenvalue weighted by Gasteiger charge is -2.47. The Balaban J connectivity index is 1.72. The van der Waals surface area contributed by atoms with Crippen LogP contribution in [0.2, 0.25) is 0 Å². The first kappa shape index (κ1) is 17.3. The van der Waals surface area contributed by atoms with Crippen LogP contribution in [0.4, 0.5) is 5.69 Å². The highest BCUT2D eigenvalue weighted by Gasteiger charge is 2.51. The normalized spacial score (nSPS) is 22.2. The van der Waals surface area contributed by atoms with Gasteiger partial charge in [0.05, 0.1) is 0 Å². The van der Waals surface area contributed by atoms with Crippen LogP contribution < -0.4 is 15.8 Å². The summed E-state index contributed by atoms with van der Waals surface area (Å²) in [4.78, 5) is 35.7. The fourth-order valence-corrected chi connectivity index (χ4v) is 3.97. The number of aliphatic carboxylic acids is 1. The molecule has 3 rings (SSSR count). The Morgan fingerprint density at radius 2 is 2.08 bits per heavy atom. The van der Waals surface area contributed by atoms with Crippen LogP contribution in [-0.2, 0) is 14.4 Å². The van der Waals surface area contributed by atoms with Crippen LogP contribution in [0.15, 0.2) is 35.5 Å². The van der Waals surface area contributed by atoms with E-state index in [9.17, 15) is 19.5 Å². The molecule has 132 valence electrons. The lowest BCUT2D eigenvalue weighted by Crippen LogP contribution is -2.68. The van der Waals surface area contributed by atoms with Crippen LogP contribution >= 0.6 is 11.8 Å². The maximum atomic E-state index is 11.9. The summed E-state index contributed by atoms with van der Waals surface area (Å²) in [5.41, 5.74) is 6.84. The van der Waals surface area contributed by atoms with Gasteiger partial charge >= 0.3 is 5.97 Å². The number of rotatable bonds is 5. The lowest BCUT2D eigenvalue weighted by molar-refractivity contribution is -0.148. The molecule has 1 unspecified atom stereocenters. The molecule has 9 heteroatoms. The standard InChI is InChI=1S/C16H17N3O5S/c1-8(20)18-10-2-4-11(5-3-10)24-6-9-7-25-15-12(17)14(21)19(15)13(9)16(22)23/h2-5,12,15H,6-7,17H2,1H3,(H,18,20)(H,22,23)/t12?,15-/m1/s1. The zero-order valence-corrected chi connectivity index (χ0v) is 14.2. The van der Waals surface area contributed by atoms with Gasteiger partial charge in [-0.25, -0.2) is 4.79 Å². The summed E-state index contributed by atoms with van der Waals surface area (Å²) < 4.78 is 5.64. The van der Waals surface area contributed by atoms with Gasteiger partial charge in [-0.15, -0.1) is 11.8 Å². The van der Waals surface area contributed by atoms with Gasteiger partial charge in [-0.1, -0.05) is 0 Å². The highest BCUT2D eigenvalue weighted by Crippen LogP contribution is 2.39. The number of amides is 2. The van der Waals surface area contributed by atoms with Crippen LogP contribution in [0.3, 0.4) is 0 Å². The van der Waals surface area contributed by atoms with Crippen molar-refractivity contribution in [2.24, 2.45) is 5.73 Å². The summed E-state index contributed by atoms with van der Waals surface area (Å²) >= 11 is 1.43. The van der Waals surface area contributed by atoms with E-state index < -0.39 is 12.0 Å². The van der Waals surface area contributed by atoms with E-state index in [1.54, 1.807) is 24.3 Å². The number of hydrogen-bond acceptors (Lipinski definition) is 6. The van der Waals surface area contributed by atoms with Gasteiger partial charge in [-0.2, -0.15) is 0 Å². The minimum atomic E-state index is -1.16. The highest BCUT2D eigenvalue weighted by atomic mass is 32.2. The Morgan fingerprint density at radius 1 is 1.40 bits per heavy atom. The predicted molar refractivity (Wildman–Crippen MR) is 92.0 cm³/mol. The number of nitrogens with two attached hydrogens (primary N) is 1. The summed E-state index contributed by atoms with van der Waals surface area (Å²) in [6.07, 6.45) is 0. The average Bonchev–Trinajstić information content (AvgIpc) is 2.59. The second kappa shape index (κ2) is 6.77. The SMILES string of the molecule is CC(=O)Nc1ccc(OCC2=C(C(=O)O)N3C(=O)C(N)[C@H]3SC2)cc1. The third kappa shape index (κ3) is 3.33. The van der Waals surface area contributed by atoms with E-state index in [-0.39, 0.29) is 29.5 Å². The van der Waals surface area contributed by atoms with Crippen molar-refractivity contribution < 1.29 is 24.2 Å². The van der Waals surface area contributed by atoms with E-state index in [0.717, 1.165) is 0 Å². The molecule has 1 fully saturated rings. The first-order valence-corrected chi connectivity index (χ1v) is 8.59. The number of thioether (sulfide) groups is 1. The zero-order valence-electron chi connectivity index (χ0n) is 13.4. The molecule has 0 saturated carbocycles. The molecule has 2 heterocycles. The Bertz CT molecular complexity index is 762. The third-order valence-corrected chi connectivity index (χ3v) is 5.24. The number of hydrogen-bond donors (Lipinski definition) is 3. The van der Waals surface area contributed by atoms with Crippen molar-refractivity contribution >= 4 is 35.2 Å². The molecular weight excluding hydrogens is 346 g/mol. The molecule has 8 nitrogen and oxygen atoms in total. The van der Waals surface area contributed by atoms with Gasteiger partial charge < -0.3 is 20.9 Å². The molecule has 0 spiro atoms. The van der Waals surface area contributed by atoms with E-state index >= 15 is 0 Å². The van der Waals surface area contributed by atoms with E-state index in [2.05, 4.69) is 5.32 Å². The molecule has 25 heavy (non-hydrogen) atoms. The van der Waals surface area contributed by atoms with Gasteiger partial charge in [-0.3, -0.25) is 14.5 Å². The Kier molecular flexibility index (Phi) is 4.69. The lowest BCUT2D eigenvalue weighted by atomic mass is 10.0. The summed E-state index contributed by atoms with van der Waals surface area (Å²) in [5, 5.41) is 11.8. The fraction of sp³-hybridized carbons (Fsp3) is 0.312. The first-order chi connectivity index (χ1) is 11.9. The first-order valence-electron chi connectivity index (χ1n) is 7.54. The van der Waals surface area contributed by atoms with Crippen LogP contribution in [0.1, 0.15) is 6.92 Å². The molecule has 0 aromatic heterocycles. The van der Waals surface area contributed by atoms with Gasteiger partial charge in [0.25, 0.3) is 0 Å². The molecule has 1 aromatic carbocycles. The van der Waals surface area contributed by atoms with Crippen molar-refractivity contribution in [2.75, 3.05) is 17.7 Å². The number of anilines is 1. The van der Waals surface area contributed by atoms with Crippen LogP contribution in [0.5, 0.6) is 5.75 Å². The molecule has 0 bridgehead atoms. The zero-order chi connectivity index (χ0) is 18.1. The molecule has 2 amide bonds. The molecule has 4 N–H and O–H groups in total. The number of carboxylic acids is 1. The van der Waals surface area contributed by atoms with Gasteiger partial charge in [0.1, 0.15) is 29.5 Å². The topological polar surface area (TPSA) is 122 Å². The third-order valence-electron chi connectivity index (χ3n) is 3.88. The molecule has 2 aliphatic rings. The second-order valence-corrected chi connectivity index (χ2v) is 6.79. The Morgan fingerprint density at radius 3 is 2.68 bits per heavy atom. The summed E-state index contributed by atoms with van der Waals surface area (Å²) in [6.45, 7) is 1.47. The van der Waals surface area contributed by atoms with Gasteiger partial charge in [0.2, 0.25) is 11.8 Å². The number of fused-ring (bicyclic) bond motifs is 1. The van der Waals surface area contributed by atoms with E-state index in [0.29, 0.717) is 22.8 Å². The quantitative estimate of drug-likeness (QED) is 0.655. The Hall–Kier alpha value is -2.52. The average molecular weight is 363 g/mol. The minimum Gasteiger partial charge on any atom is -0.489 e. The molecular formula is C16H17N3O5S. The number of benzene rings is 1.